The van der Waals surface area contributed by atoms with Crippen molar-refractivity contribution >= 4 is 16.7 Å². The fourth-order valence-electron chi connectivity index (χ4n) is 2.04. The van der Waals surface area contributed by atoms with Gasteiger partial charge in [0.15, 0.2) is 0 Å². The van der Waals surface area contributed by atoms with Crippen molar-refractivity contribution in [2.24, 2.45) is 0 Å². The monoisotopic (exact) mass is 265 g/mol. The number of benzene rings is 2. The lowest BCUT2D eigenvalue weighted by Gasteiger charge is -2.08. The van der Waals surface area contributed by atoms with Gasteiger partial charge in [-0.2, -0.15) is 0 Å². The van der Waals surface area contributed by atoms with Gasteiger partial charge in [0.05, 0.1) is 29.5 Å². The van der Waals surface area contributed by atoms with E-state index < -0.39 is 0 Å². The molecule has 1 heterocycles. The normalized spacial score (nSPS) is 10.7. The summed E-state index contributed by atoms with van der Waals surface area (Å²) in [6, 6.07) is 13.2. The van der Waals surface area contributed by atoms with Crippen LogP contribution in [-0.4, -0.2) is 15.1 Å². The molecule has 20 heavy (non-hydrogen) atoms. The van der Waals surface area contributed by atoms with E-state index in [-0.39, 0.29) is 0 Å². The van der Waals surface area contributed by atoms with Crippen LogP contribution in [-0.2, 0) is 6.54 Å². The molecule has 0 amide bonds. The summed E-state index contributed by atoms with van der Waals surface area (Å²) in [6.45, 7) is 2.47. The summed E-state index contributed by atoms with van der Waals surface area (Å²) in [5.41, 5.74) is 4.48. The smallest absolute Gasteiger partial charge is 0.118 e. The Morgan fingerprint density at radius 2 is 1.90 bits per heavy atom. The fraction of sp³-hybridized carbons (Fsp3) is 0.125. The van der Waals surface area contributed by atoms with Crippen molar-refractivity contribution in [3.63, 3.8) is 0 Å². The number of aryl methyl sites for hydroxylation is 1. The minimum absolute atomic E-state index is 0.307. The third kappa shape index (κ3) is 2.54. The highest BCUT2D eigenvalue weighted by Gasteiger charge is 2.01. The number of para-hydroxylation sites is 2. The molecule has 0 spiro atoms. The first kappa shape index (κ1) is 12.4. The van der Waals surface area contributed by atoms with Crippen LogP contribution in [0.25, 0.3) is 11.0 Å². The summed E-state index contributed by atoms with van der Waals surface area (Å²) in [4.78, 5) is 8.94. The Kier molecular flexibility index (Phi) is 3.21. The number of anilines is 1. The zero-order valence-corrected chi connectivity index (χ0v) is 11.2. The number of phenols is 1. The second-order valence-corrected chi connectivity index (χ2v) is 4.70. The van der Waals surface area contributed by atoms with Gasteiger partial charge in [-0.15, -0.1) is 0 Å². The van der Waals surface area contributed by atoms with Gasteiger partial charge in [-0.3, -0.25) is 4.98 Å². The minimum Gasteiger partial charge on any atom is -0.508 e. The van der Waals surface area contributed by atoms with E-state index in [9.17, 15) is 5.11 Å². The van der Waals surface area contributed by atoms with Gasteiger partial charge in [0.1, 0.15) is 5.75 Å². The van der Waals surface area contributed by atoms with E-state index in [1.165, 1.54) is 0 Å². The second kappa shape index (κ2) is 5.17. The van der Waals surface area contributed by atoms with E-state index >= 15 is 0 Å². The number of hydrogen-bond donors (Lipinski definition) is 2. The molecule has 0 aliphatic carbocycles. The Hall–Kier alpha value is -2.62. The summed E-state index contributed by atoms with van der Waals surface area (Å²) < 4.78 is 0. The molecule has 4 nitrogen and oxygen atoms in total. The van der Waals surface area contributed by atoms with E-state index in [1.54, 1.807) is 12.3 Å². The Bertz CT molecular complexity index is 756. The first-order valence-corrected chi connectivity index (χ1v) is 6.46. The highest BCUT2D eigenvalue weighted by Crippen LogP contribution is 2.20. The maximum Gasteiger partial charge on any atom is 0.118 e. The Morgan fingerprint density at radius 1 is 1.10 bits per heavy atom. The van der Waals surface area contributed by atoms with Crippen LogP contribution in [0, 0.1) is 6.92 Å². The van der Waals surface area contributed by atoms with Gasteiger partial charge in [0, 0.05) is 5.69 Å². The molecule has 0 radical (unpaired) electrons. The van der Waals surface area contributed by atoms with Crippen molar-refractivity contribution in [3.8, 4) is 5.75 Å². The van der Waals surface area contributed by atoms with Crippen LogP contribution in [0.2, 0.25) is 0 Å². The Morgan fingerprint density at radius 3 is 2.70 bits per heavy atom. The quantitative estimate of drug-likeness (QED) is 0.714. The number of hydrogen-bond acceptors (Lipinski definition) is 4. The third-order valence-corrected chi connectivity index (χ3v) is 3.17. The van der Waals surface area contributed by atoms with E-state index in [0.717, 1.165) is 28.0 Å². The molecule has 0 atom stereocenters. The van der Waals surface area contributed by atoms with Crippen molar-refractivity contribution in [3.05, 3.63) is 59.9 Å². The Labute approximate surface area is 117 Å². The molecule has 0 bridgehead atoms. The molecule has 0 fully saturated rings. The number of nitrogens with zero attached hydrogens (tertiary/aromatic N) is 2. The lowest BCUT2D eigenvalue weighted by Crippen LogP contribution is -2.02. The molecule has 1 aromatic heterocycles. The third-order valence-electron chi connectivity index (χ3n) is 3.17. The fourth-order valence-corrected chi connectivity index (χ4v) is 2.04. The molecular weight excluding hydrogens is 250 g/mol. The predicted molar refractivity (Wildman–Crippen MR) is 79.7 cm³/mol. The van der Waals surface area contributed by atoms with Gasteiger partial charge in [-0.25, -0.2) is 4.98 Å². The summed E-state index contributed by atoms with van der Waals surface area (Å²) >= 11 is 0. The van der Waals surface area contributed by atoms with Crippen molar-refractivity contribution in [2.75, 3.05) is 5.32 Å². The number of phenolic OH excluding ortho intramolecular Hbond substituents is 1. The Balaban J connectivity index is 1.77. The molecule has 0 unspecified atom stereocenters. The first-order chi connectivity index (χ1) is 9.72. The molecule has 0 saturated heterocycles. The highest BCUT2D eigenvalue weighted by molar-refractivity contribution is 5.73. The SMILES string of the molecule is Cc1cc(NCc2cnc3ccccc3n2)ccc1O. The molecule has 2 aromatic carbocycles. The van der Waals surface area contributed by atoms with Crippen LogP contribution in [0.4, 0.5) is 5.69 Å². The summed E-state index contributed by atoms with van der Waals surface area (Å²) in [5, 5.41) is 12.8. The molecule has 0 aliphatic rings. The van der Waals surface area contributed by atoms with Gasteiger partial charge >= 0.3 is 0 Å². The summed E-state index contributed by atoms with van der Waals surface area (Å²) in [6.07, 6.45) is 1.78. The summed E-state index contributed by atoms with van der Waals surface area (Å²) in [7, 11) is 0. The molecular formula is C16H15N3O. The number of aromatic hydroxyl groups is 1. The first-order valence-electron chi connectivity index (χ1n) is 6.46. The molecule has 4 heteroatoms. The van der Waals surface area contributed by atoms with Crippen LogP contribution >= 0.6 is 0 Å². The average Bonchev–Trinajstić information content (AvgIpc) is 2.48. The number of rotatable bonds is 3. The van der Waals surface area contributed by atoms with Crippen LogP contribution in [0.5, 0.6) is 5.75 Å². The van der Waals surface area contributed by atoms with E-state index in [2.05, 4.69) is 15.3 Å². The molecule has 3 aromatic rings. The predicted octanol–water partition coefficient (Wildman–Crippen LogP) is 3.26. The van der Waals surface area contributed by atoms with Crippen molar-refractivity contribution < 1.29 is 5.11 Å². The van der Waals surface area contributed by atoms with E-state index in [0.29, 0.717) is 12.3 Å². The van der Waals surface area contributed by atoms with Crippen LogP contribution < -0.4 is 5.32 Å². The highest BCUT2D eigenvalue weighted by atomic mass is 16.3. The number of nitrogens with one attached hydrogen (secondary N) is 1. The van der Waals surface area contributed by atoms with Crippen molar-refractivity contribution in [2.45, 2.75) is 13.5 Å². The molecule has 100 valence electrons. The topological polar surface area (TPSA) is 58.0 Å². The van der Waals surface area contributed by atoms with E-state index in [1.807, 2.05) is 43.3 Å². The van der Waals surface area contributed by atoms with Gasteiger partial charge in [-0.05, 0) is 42.8 Å². The molecule has 3 rings (SSSR count). The largest absolute Gasteiger partial charge is 0.508 e. The second-order valence-electron chi connectivity index (χ2n) is 4.70. The van der Waals surface area contributed by atoms with Gasteiger partial charge < -0.3 is 10.4 Å². The average molecular weight is 265 g/mol. The molecule has 0 aliphatic heterocycles. The van der Waals surface area contributed by atoms with Crippen LogP contribution in [0.1, 0.15) is 11.3 Å². The maximum atomic E-state index is 9.50. The zero-order chi connectivity index (χ0) is 13.9. The molecule has 2 N–H and O–H groups in total. The van der Waals surface area contributed by atoms with Gasteiger partial charge in [0.25, 0.3) is 0 Å². The lowest BCUT2D eigenvalue weighted by atomic mass is 10.2. The van der Waals surface area contributed by atoms with Gasteiger partial charge in [-0.1, -0.05) is 12.1 Å². The van der Waals surface area contributed by atoms with Gasteiger partial charge in [0.2, 0.25) is 0 Å². The zero-order valence-electron chi connectivity index (χ0n) is 11.2. The standard InChI is InChI=1S/C16H15N3O/c1-11-8-12(6-7-16(11)20)17-9-13-10-18-14-4-2-3-5-15(14)19-13/h2-8,10,17,20H,9H2,1H3. The van der Waals surface area contributed by atoms with Crippen LogP contribution in [0.3, 0.4) is 0 Å². The summed E-state index contributed by atoms with van der Waals surface area (Å²) in [5.74, 6) is 0.307. The molecule has 0 saturated carbocycles. The number of aromatic nitrogens is 2. The maximum absolute atomic E-state index is 9.50. The minimum atomic E-state index is 0.307. The van der Waals surface area contributed by atoms with Crippen molar-refractivity contribution in [1.82, 2.24) is 9.97 Å². The van der Waals surface area contributed by atoms with Crippen molar-refractivity contribution in [1.29, 1.82) is 0 Å². The van der Waals surface area contributed by atoms with E-state index in [4.69, 9.17) is 0 Å². The lowest BCUT2D eigenvalue weighted by molar-refractivity contribution is 0.471. The van der Waals surface area contributed by atoms with Crippen LogP contribution in [0.15, 0.2) is 48.7 Å². The number of fused-ring (bicyclic) bond motifs is 1.